The fourth-order valence-corrected chi connectivity index (χ4v) is 3.01. The first kappa shape index (κ1) is 13.1. The highest BCUT2D eigenvalue weighted by Gasteiger charge is 2.15. The highest BCUT2D eigenvalue weighted by atomic mass is 16.5. The molecule has 0 spiro atoms. The van der Waals surface area contributed by atoms with E-state index in [1.807, 2.05) is 0 Å². The van der Waals surface area contributed by atoms with Crippen LogP contribution in [-0.2, 0) is 0 Å². The van der Waals surface area contributed by atoms with Crippen LogP contribution in [0.25, 0.3) is 10.8 Å². The molecule has 3 rings (SSSR count). The number of hydrogen-bond donors (Lipinski definition) is 0. The third-order valence-corrected chi connectivity index (χ3v) is 4.12. The summed E-state index contributed by atoms with van der Waals surface area (Å²) in [7, 11) is 3.36. The largest absolute Gasteiger partial charge is 0.493 e. The fourth-order valence-electron chi connectivity index (χ4n) is 3.01. The molecule has 0 amide bonds. The van der Waals surface area contributed by atoms with Gasteiger partial charge in [-0.05, 0) is 60.4 Å². The summed E-state index contributed by atoms with van der Waals surface area (Å²) in [6.07, 6.45) is 2.59. The Bertz CT molecular complexity index is 630. The molecule has 1 heterocycles. The van der Waals surface area contributed by atoms with Gasteiger partial charge in [0.2, 0.25) is 0 Å². The summed E-state index contributed by atoms with van der Waals surface area (Å²) in [5, 5.41) is 2.44. The summed E-state index contributed by atoms with van der Waals surface area (Å²) >= 11 is 0. The van der Waals surface area contributed by atoms with Gasteiger partial charge in [-0.15, -0.1) is 0 Å². The number of rotatable bonds is 3. The van der Waals surface area contributed by atoms with E-state index in [-0.39, 0.29) is 0 Å². The molecule has 1 aliphatic rings. The number of ether oxygens (including phenoxy) is 2. The first-order valence-electron chi connectivity index (χ1n) is 7.14. The zero-order chi connectivity index (χ0) is 14.1. The molecule has 20 heavy (non-hydrogen) atoms. The van der Waals surface area contributed by atoms with E-state index >= 15 is 0 Å². The smallest absolute Gasteiger partial charge is 0.161 e. The van der Waals surface area contributed by atoms with Crippen molar-refractivity contribution < 1.29 is 9.47 Å². The number of hydrogen-bond acceptors (Lipinski definition) is 3. The molecule has 0 unspecified atom stereocenters. The second-order valence-electron chi connectivity index (χ2n) is 5.39. The maximum absolute atomic E-state index is 5.41. The van der Waals surface area contributed by atoms with Gasteiger partial charge in [0.15, 0.2) is 11.5 Å². The Hall–Kier alpha value is -1.90. The van der Waals surface area contributed by atoms with Crippen LogP contribution < -0.4 is 14.4 Å². The molecular weight excluding hydrogens is 250 g/mol. The molecule has 0 radical (unpaired) electrons. The lowest BCUT2D eigenvalue weighted by Gasteiger charge is -2.20. The standard InChI is InChI=1S/C17H21NO2/c1-12-8-14(18-6-4-5-7-18)9-13-10-16(19-2)17(20-3)11-15(12)13/h8-11H,4-7H2,1-3H3. The van der Waals surface area contributed by atoms with E-state index in [1.165, 1.54) is 34.9 Å². The van der Waals surface area contributed by atoms with Crippen molar-refractivity contribution in [2.24, 2.45) is 0 Å². The highest BCUT2D eigenvalue weighted by molar-refractivity contribution is 5.91. The number of methoxy groups -OCH3 is 2. The first-order valence-corrected chi connectivity index (χ1v) is 7.14. The average Bonchev–Trinajstić information content (AvgIpc) is 3.00. The highest BCUT2D eigenvalue weighted by Crippen LogP contribution is 2.36. The minimum Gasteiger partial charge on any atom is -0.493 e. The molecule has 2 aromatic rings. The molecule has 0 aliphatic carbocycles. The van der Waals surface area contributed by atoms with Crippen LogP contribution in [0.1, 0.15) is 18.4 Å². The molecule has 0 atom stereocenters. The van der Waals surface area contributed by atoms with Crippen LogP contribution in [0.3, 0.4) is 0 Å². The lowest BCUT2D eigenvalue weighted by atomic mass is 10.0. The van der Waals surface area contributed by atoms with Crippen molar-refractivity contribution in [2.75, 3.05) is 32.2 Å². The molecule has 2 aromatic carbocycles. The number of aryl methyl sites for hydroxylation is 1. The SMILES string of the molecule is COc1cc2cc(N3CCCC3)cc(C)c2cc1OC. The van der Waals surface area contributed by atoms with Crippen molar-refractivity contribution in [1.82, 2.24) is 0 Å². The number of nitrogens with zero attached hydrogens (tertiary/aromatic N) is 1. The molecule has 1 aliphatic heterocycles. The third kappa shape index (κ3) is 2.17. The van der Waals surface area contributed by atoms with Crippen molar-refractivity contribution in [2.45, 2.75) is 19.8 Å². The van der Waals surface area contributed by atoms with Gasteiger partial charge in [0.1, 0.15) is 0 Å². The molecule has 0 saturated carbocycles. The summed E-state index contributed by atoms with van der Waals surface area (Å²) in [4.78, 5) is 2.46. The lowest BCUT2D eigenvalue weighted by molar-refractivity contribution is 0.356. The van der Waals surface area contributed by atoms with Crippen LogP contribution >= 0.6 is 0 Å². The van der Waals surface area contributed by atoms with Crippen LogP contribution in [0, 0.1) is 6.92 Å². The normalized spacial score (nSPS) is 14.8. The van der Waals surface area contributed by atoms with Gasteiger partial charge in [-0.2, -0.15) is 0 Å². The molecule has 0 N–H and O–H groups in total. The van der Waals surface area contributed by atoms with Crippen LogP contribution in [0.4, 0.5) is 5.69 Å². The van der Waals surface area contributed by atoms with E-state index in [9.17, 15) is 0 Å². The summed E-state index contributed by atoms with van der Waals surface area (Å²) in [5.41, 5.74) is 2.60. The van der Waals surface area contributed by atoms with Crippen LogP contribution in [0.5, 0.6) is 11.5 Å². The van der Waals surface area contributed by atoms with E-state index in [0.717, 1.165) is 24.6 Å². The van der Waals surface area contributed by atoms with Gasteiger partial charge in [-0.3, -0.25) is 0 Å². The molecule has 106 valence electrons. The second kappa shape index (κ2) is 5.23. The van der Waals surface area contributed by atoms with Crippen LogP contribution in [0.15, 0.2) is 24.3 Å². The number of benzene rings is 2. The topological polar surface area (TPSA) is 21.7 Å². The van der Waals surface area contributed by atoms with Crippen molar-refractivity contribution in [3.8, 4) is 11.5 Å². The Balaban J connectivity index is 2.14. The van der Waals surface area contributed by atoms with Crippen molar-refractivity contribution in [1.29, 1.82) is 0 Å². The predicted molar refractivity (Wildman–Crippen MR) is 83.2 cm³/mol. The van der Waals surface area contributed by atoms with Crippen molar-refractivity contribution in [3.05, 3.63) is 29.8 Å². The summed E-state index contributed by atoms with van der Waals surface area (Å²) in [6.45, 7) is 4.49. The van der Waals surface area contributed by atoms with E-state index in [2.05, 4.69) is 36.1 Å². The zero-order valence-electron chi connectivity index (χ0n) is 12.4. The van der Waals surface area contributed by atoms with Crippen LogP contribution in [0.2, 0.25) is 0 Å². The molecule has 3 heteroatoms. The Labute approximate surface area is 120 Å². The average molecular weight is 271 g/mol. The summed E-state index contributed by atoms with van der Waals surface area (Å²) in [6, 6.07) is 8.67. The van der Waals surface area contributed by atoms with Gasteiger partial charge in [0.05, 0.1) is 14.2 Å². The first-order chi connectivity index (χ1) is 9.72. The Morgan fingerprint density at radius 2 is 1.55 bits per heavy atom. The van der Waals surface area contributed by atoms with Gasteiger partial charge in [0, 0.05) is 18.8 Å². The third-order valence-electron chi connectivity index (χ3n) is 4.12. The Morgan fingerprint density at radius 3 is 2.20 bits per heavy atom. The van der Waals surface area contributed by atoms with Gasteiger partial charge in [-0.1, -0.05) is 0 Å². The molecule has 0 aromatic heterocycles. The number of fused-ring (bicyclic) bond motifs is 1. The van der Waals surface area contributed by atoms with Crippen molar-refractivity contribution in [3.63, 3.8) is 0 Å². The maximum Gasteiger partial charge on any atom is 0.161 e. The Morgan fingerprint density at radius 1 is 0.900 bits per heavy atom. The van der Waals surface area contributed by atoms with Gasteiger partial charge in [-0.25, -0.2) is 0 Å². The minimum atomic E-state index is 0.789. The zero-order valence-corrected chi connectivity index (χ0v) is 12.4. The van der Waals surface area contributed by atoms with E-state index in [0.29, 0.717) is 0 Å². The number of anilines is 1. The second-order valence-corrected chi connectivity index (χ2v) is 5.39. The molecule has 3 nitrogen and oxygen atoms in total. The van der Waals surface area contributed by atoms with Gasteiger partial charge in [0.25, 0.3) is 0 Å². The molecule has 1 fully saturated rings. The fraction of sp³-hybridized carbons (Fsp3) is 0.412. The summed E-state index contributed by atoms with van der Waals surface area (Å²) < 4.78 is 10.8. The van der Waals surface area contributed by atoms with E-state index in [1.54, 1.807) is 14.2 Å². The lowest BCUT2D eigenvalue weighted by Crippen LogP contribution is -2.17. The monoisotopic (exact) mass is 271 g/mol. The molecule has 0 bridgehead atoms. The minimum absolute atomic E-state index is 0.789. The van der Waals surface area contributed by atoms with E-state index in [4.69, 9.17) is 9.47 Å². The van der Waals surface area contributed by atoms with Crippen LogP contribution in [-0.4, -0.2) is 27.3 Å². The van der Waals surface area contributed by atoms with Gasteiger partial charge < -0.3 is 14.4 Å². The summed E-state index contributed by atoms with van der Waals surface area (Å²) in [5.74, 6) is 1.58. The molecule has 1 saturated heterocycles. The van der Waals surface area contributed by atoms with Gasteiger partial charge >= 0.3 is 0 Å². The maximum atomic E-state index is 5.41. The molecular formula is C17H21NO2. The quantitative estimate of drug-likeness (QED) is 0.848. The van der Waals surface area contributed by atoms with E-state index < -0.39 is 0 Å². The Kier molecular flexibility index (Phi) is 3.43. The predicted octanol–water partition coefficient (Wildman–Crippen LogP) is 3.77. The van der Waals surface area contributed by atoms with Crippen molar-refractivity contribution >= 4 is 16.5 Å².